The number of pyridine rings is 1. The highest BCUT2D eigenvalue weighted by Crippen LogP contribution is 2.40. The van der Waals surface area contributed by atoms with Crippen LogP contribution in [-0.4, -0.2) is 27.5 Å². The van der Waals surface area contributed by atoms with Crippen LogP contribution in [-0.2, 0) is 0 Å². The predicted octanol–water partition coefficient (Wildman–Crippen LogP) is 4.25. The molecular formula is C20H26N4. The van der Waals surface area contributed by atoms with Crippen molar-refractivity contribution in [1.82, 2.24) is 15.0 Å². The van der Waals surface area contributed by atoms with Crippen molar-refractivity contribution in [2.24, 2.45) is 11.8 Å². The van der Waals surface area contributed by atoms with Crippen LogP contribution >= 0.6 is 0 Å². The van der Waals surface area contributed by atoms with Gasteiger partial charge in [0.05, 0.1) is 0 Å². The van der Waals surface area contributed by atoms with Gasteiger partial charge in [-0.15, -0.1) is 0 Å². The smallest absolute Gasteiger partial charge is 0.161 e. The Bertz CT molecular complexity index is 700. The molecule has 1 aliphatic heterocycles. The van der Waals surface area contributed by atoms with Gasteiger partial charge in [-0.05, 0) is 50.2 Å². The van der Waals surface area contributed by atoms with E-state index >= 15 is 0 Å². The Hall–Kier alpha value is -1.97. The normalized spacial score (nSPS) is 26.9. The topological polar surface area (TPSA) is 41.9 Å². The number of hydrogen-bond donors (Lipinski definition) is 0. The second-order valence-corrected chi connectivity index (χ2v) is 7.40. The van der Waals surface area contributed by atoms with Gasteiger partial charge in [0.1, 0.15) is 5.82 Å². The van der Waals surface area contributed by atoms with Gasteiger partial charge in [0.15, 0.2) is 5.82 Å². The Labute approximate surface area is 144 Å². The van der Waals surface area contributed by atoms with Crippen molar-refractivity contribution in [1.29, 1.82) is 0 Å². The first-order valence-corrected chi connectivity index (χ1v) is 9.25. The summed E-state index contributed by atoms with van der Waals surface area (Å²) >= 11 is 0. The molecule has 0 N–H and O–H groups in total. The highest BCUT2D eigenvalue weighted by Gasteiger charge is 2.38. The molecule has 0 radical (unpaired) electrons. The number of rotatable bonds is 2. The maximum Gasteiger partial charge on any atom is 0.161 e. The monoisotopic (exact) mass is 322 g/mol. The number of anilines is 1. The van der Waals surface area contributed by atoms with Crippen LogP contribution in [0.5, 0.6) is 0 Å². The standard InChI is InChI=1S/C20H26N4/c1-14-9-12-24(18-6-4-3-5-17(14)18)19-13-15(2)22-20(23-19)16-7-10-21-11-8-16/h7-8,10-11,13-14,17-18H,3-6,9,12H2,1-2H3/t14-,17+,18-/m0/s1. The van der Waals surface area contributed by atoms with Crippen LogP contribution in [0.1, 0.15) is 44.7 Å². The number of piperidine rings is 1. The minimum atomic E-state index is 0.655. The van der Waals surface area contributed by atoms with E-state index < -0.39 is 0 Å². The lowest BCUT2D eigenvalue weighted by Gasteiger charge is -2.48. The predicted molar refractivity (Wildman–Crippen MR) is 96.9 cm³/mol. The Kier molecular flexibility index (Phi) is 4.21. The molecule has 0 amide bonds. The molecule has 2 aliphatic rings. The quantitative estimate of drug-likeness (QED) is 0.829. The first-order chi connectivity index (χ1) is 11.7. The highest BCUT2D eigenvalue weighted by atomic mass is 15.2. The molecule has 0 spiro atoms. The summed E-state index contributed by atoms with van der Waals surface area (Å²) in [5.74, 6) is 3.60. The average molecular weight is 322 g/mol. The van der Waals surface area contributed by atoms with E-state index in [-0.39, 0.29) is 0 Å². The van der Waals surface area contributed by atoms with E-state index in [0.29, 0.717) is 6.04 Å². The summed E-state index contributed by atoms with van der Waals surface area (Å²) in [6.45, 7) is 5.63. The lowest BCUT2D eigenvalue weighted by molar-refractivity contribution is 0.177. The van der Waals surface area contributed by atoms with Gasteiger partial charge in [0, 0.05) is 42.3 Å². The Balaban J connectivity index is 1.69. The first kappa shape index (κ1) is 15.6. The SMILES string of the molecule is Cc1cc(N2CC[C@H](C)[C@H]3CCCC[C@@H]32)nc(-c2ccncc2)n1. The van der Waals surface area contributed by atoms with E-state index in [1.54, 1.807) is 12.4 Å². The molecule has 3 atom stereocenters. The van der Waals surface area contributed by atoms with Gasteiger partial charge >= 0.3 is 0 Å². The summed E-state index contributed by atoms with van der Waals surface area (Å²) in [4.78, 5) is 16.3. The molecule has 1 saturated heterocycles. The van der Waals surface area contributed by atoms with E-state index in [0.717, 1.165) is 41.3 Å². The molecule has 126 valence electrons. The molecule has 2 fully saturated rings. The van der Waals surface area contributed by atoms with Crippen LogP contribution in [0.25, 0.3) is 11.4 Å². The van der Waals surface area contributed by atoms with Crippen molar-refractivity contribution in [3.8, 4) is 11.4 Å². The van der Waals surface area contributed by atoms with Crippen molar-refractivity contribution in [2.75, 3.05) is 11.4 Å². The second-order valence-electron chi connectivity index (χ2n) is 7.40. The van der Waals surface area contributed by atoms with Crippen molar-refractivity contribution in [3.63, 3.8) is 0 Å². The van der Waals surface area contributed by atoms with Crippen molar-refractivity contribution in [3.05, 3.63) is 36.3 Å². The summed E-state index contributed by atoms with van der Waals surface area (Å²) in [5, 5.41) is 0. The van der Waals surface area contributed by atoms with Crippen LogP contribution in [0.3, 0.4) is 0 Å². The van der Waals surface area contributed by atoms with E-state index in [1.165, 1.54) is 32.1 Å². The molecule has 2 aromatic rings. The summed E-state index contributed by atoms with van der Waals surface area (Å²) in [5.41, 5.74) is 2.08. The summed E-state index contributed by atoms with van der Waals surface area (Å²) < 4.78 is 0. The van der Waals surface area contributed by atoms with Gasteiger partial charge < -0.3 is 4.90 Å². The van der Waals surface area contributed by atoms with Gasteiger partial charge in [-0.3, -0.25) is 4.98 Å². The Morgan fingerprint density at radius 3 is 2.67 bits per heavy atom. The molecule has 4 nitrogen and oxygen atoms in total. The zero-order valence-corrected chi connectivity index (χ0v) is 14.7. The van der Waals surface area contributed by atoms with Gasteiger partial charge in [-0.2, -0.15) is 0 Å². The minimum absolute atomic E-state index is 0.655. The minimum Gasteiger partial charge on any atom is -0.353 e. The third-order valence-electron chi connectivity index (χ3n) is 5.81. The van der Waals surface area contributed by atoms with Crippen LogP contribution in [0.15, 0.2) is 30.6 Å². The molecule has 0 unspecified atom stereocenters. The summed E-state index contributed by atoms with van der Waals surface area (Å²) in [6.07, 6.45) is 10.3. The molecule has 2 aromatic heterocycles. The number of fused-ring (bicyclic) bond motifs is 1. The van der Waals surface area contributed by atoms with Gasteiger partial charge in [0.25, 0.3) is 0 Å². The van der Waals surface area contributed by atoms with Crippen molar-refractivity contribution in [2.45, 2.75) is 52.0 Å². The van der Waals surface area contributed by atoms with E-state index in [1.807, 2.05) is 12.1 Å². The van der Waals surface area contributed by atoms with Crippen molar-refractivity contribution >= 4 is 5.82 Å². The van der Waals surface area contributed by atoms with Crippen LogP contribution in [0, 0.1) is 18.8 Å². The van der Waals surface area contributed by atoms with E-state index in [9.17, 15) is 0 Å². The maximum absolute atomic E-state index is 4.93. The Morgan fingerprint density at radius 1 is 1.04 bits per heavy atom. The second kappa shape index (κ2) is 6.50. The third kappa shape index (κ3) is 2.90. The summed E-state index contributed by atoms with van der Waals surface area (Å²) in [7, 11) is 0. The fraction of sp³-hybridized carbons (Fsp3) is 0.550. The molecule has 4 heteroatoms. The largest absolute Gasteiger partial charge is 0.353 e. The number of hydrogen-bond acceptors (Lipinski definition) is 4. The molecular weight excluding hydrogens is 296 g/mol. The Morgan fingerprint density at radius 2 is 1.83 bits per heavy atom. The van der Waals surface area contributed by atoms with Crippen LogP contribution in [0.2, 0.25) is 0 Å². The molecule has 1 saturated carbocycles. The van der Waals surface area contributed by atoms with E-state index in [4.69, 9.17) is 4.98 Å². The van der Waals surface area contributed by atoms with Gasteiger partial charge in [0.2, 0.25) is 0 Å². The zero-order valence-electron chi connectivity index (χ0n) is 14.7. The molecule has 24 heavy (non-hydrogen) atoms. The average Bonchev–Trinajstić information content (AvgIpc) is 2.62. The number of aromatic nitrogens is 3. The lowest BCUT2D eigenvalue weighted by atomic mass is 9.72. The number of nitrogens with zero attached hydrogens (tertiary/aromatic N) is 4. The third-order valence-corrected chi connectivity index (χ3v) is 5.81. The zero-order chi connectivity index (χ0) is 16.5. The van der Waals surface area contributed by atoms with Gasteiger partial charge in [-0.1, -0.05) is 19.8 Å². The molecule has 0 aromatic carbocycles. The van der Waals surface area contributed by atoms with Crippen molar-refractivity contribution < 1.29 is 0 Å². The summed E-state index contributed by atoms with van der Waals surface area (Å²) in [6, 6.07) is 6.79. The molecule has 4 rings (SSSR count). The van der Waals surface area contributed by atoms with Crippen LogP contribution in [0.4, 0.5) is 5.82 Å². The van der Waals surface area contributed by atoms with E-state index in [2.05, 4.69) is 34.8 Å². The maximum atomic E-state index is 4.93. The highest BCUT2D eigenvalue weighted by molar-refractivity contribution is 5.57. The first-order valence-electron chi connectivity index (χ1n) is 9.25. The fourth-order valence-electron chi connectivity index (χ4n) is 4.53. The molecule has 3 heterocycles. The number of aryl methyl sites for hydroxylation is 1. The van der Waals surface area contributed by atoms with Crippen LogP contribution < -0.4 is 4.90 Å². The molecule has 0 bridgehead atoms. The lowest BCUT2D eigenvalue weighted by Crippen LogP contribution is -2.50. The fourth-order valence-corrected chi connectivity index (χ4v) is 4.53. The molecule has 1 aliphatic carbocycles. The van der Waals surface area contributed by atoms with Gasteiger partial charge in [-0.25, -0.2) is 9.97 Å².